The van der Waals surface area contributed by atoms with Crippen LogP contribution in [0.2, 0.25) is 0 Å². The molecular weight excluding hydrogens is 362 g/mol. The second-order valence-electron chi connectivity index (χ2n) is 8.52. The number of nitrogens with zero attached hydrogens (tertiary/aromatic N) is 3. The number of piperidine rings is 1. The zero-order chi connectivity index (χ0) is 20.5. The summed E-state index contributed by atoms with van der Waals surface area (Å²) in [5.41, 5.74) is 0.282. The predicted molar refractivity (Wildman–Crippen MR) is 99.4 cm³/mol. The Labute approximate surface area is 164 Å². The van der Waals surface area contributed by atoms with Crippen LogP contribution in [0.5, 0.6) is 0 Å². The van der Waals surface area contributed by atoms with Crippen molar-refractivity contribution in [3.8, 4) is 0 Å². The van der Waals surface area contributed by atoms with Crippen molar-refractivity contribution in [2.75, 3.05) is 0 Å². The molecule has 0 spiro atoms. The van der Waals surface area contributed by atoms with Gasteiger partial charge >= 0.3 is 5.97 Å². The van der Waals surface area contributed by atoms with Crippen molar-refractivity contribution in [3.05, 3.63) is 29.6 Å². The lowest BCUT2D eigenvalue weighted by Gasteiger charge is -2.51. The van der Waals surface area contributed by atoms with Crippen molar-refractivity contribution >= 4 is 17.8 Å². The average molecular weight is 389 g/mol. The molecule has 0 aromatic carbocycles. The molecule has 0 unspecified atom stereocenters. The fraction of sp³-hybridized carbons (Fsp3) is 0.600. The van der Waals surface area contributed by atoms with Gasteiger partial charge < -0.3 is 4.84 Å². The minimum absolute atomic E-state index is 0.0302. The lowest BCUT2D eigenvalue weighted by molar-refractivity contribution is -0.288. The van der Waals surface area contributed by atoms with Gasteiger partial charge in [0, 0.05) is 35.7 Å². The first-order valence-corrected chi connectivity index (χ1v) is 9.57. The van der Waals surface area contributed by atoms with E-state index in [0.29, 0.717) is 10.6 Å². The Hall–Kier alpha value is -2.32. The monoisotopic (exact) mass is 389 g/mol. The maximum atomic E-state index is 12.5. The third-order valence-corrected chi connectivity index (χ3v) is 5.29. The van der Waals surface area contributed by atoms with E-state index in [0.717, 1.165) is 19.3 Å². The van der Waals surface area contributed by atoms with Crippen LogP contribution in [0, 0.1) is 0 Å². The first-order valence-electron chi connectivity index (χ1n) is 9.57. The van der Waals surface area contributed by atoms with Gasteiger partial charge in [-0.05, 0) is 53.0 Å². The highest BCUT2D eigenvalue weighted by molar-refractivity contribution is 6.02. The van der Waals surface area contributed by atoms with Gasteiger partial charge in [0.1, 0.15) is 0 Å². The fourth-order valence-corrected chi connectivity index (χ4v) is 3.98. The van der Waals surface area contributed by atoms with Crippen molar-refractivity contribution in [2.24, 2.45) is 0 Å². The highest BCUT2D eigenvalue weighted by Gasteiger charge is 2.42. The summed E-state index contributed by atoms with van der Waals surface area (Å²) in [6.07, 6.45) is 4.70. The molecule has 0 saturated carbocycles. The number of imide groups is 1. The van der Waals surface area contributed by atoms with Crippen LogP contribution < -0.4 is 0 Å². The molecule has 8 heteroatoms. The summed E-state index contributed by atoms with van der Waals surface area (Å²) in [6, 6.07) is 3.43. The zero-order valence-corrected chi connectivity index (χ0v) is 16.9. The van der Waals surface area contributed by atoms with Crippen LogP contribution in [0.3, 0.4) is 0 Å². The maximum absolute atomic E-state index is 12.5. The number of hydroxylamine groups is 4. The molecule has 2 saturated heterocycles. The van der Waals surface area contributed by atoms with Crippen molar-refractivity contribution in [2.45, 2.75) is 77.5 Å². The van der Waals surface area contributed by atoms with Gasteiger partial charge in [0.05, 0.1) is 6.61 Å². The van der Waals surface area contributed by atoms with Crippen LogP contribution in [-0.2, 0) is 25.9 Å². The van der Waals surface area contributed by atoms with E-state index in [1.807, 2.05) is 5.06 Å². The molecule has 1 aromatic rings. The van der Waals surface area contributed by atoms with Crippen LogP contribution in [0.25, 0.3) is 0 Å². The van der Waals surface area contributed by atoms with E-state index in [9.17, 15) is 14.4 Å². The lowest BCUT2D eigenvalue weighted by atomic mass is 9.82. The van der Waals surface area contributed by atoms with Gasteiger partial charge in [-0.3, -0.25) is 14.4 Å². The number of carbonyl (C=O) groups excluding carboxylic acids is 3. The fourth-order valence-electron chi connectivity index (χ4n) is 3.98. The first-order chi connectivity index (χ1) is 13.1. The number of hydrogen-bond acceptors (Lipinski definition) is 7. The SMILES string of the molecule is CC1(C)CCCC(C)(C)N1OCc1cccnc1C(=O)ON1C(=O)CCC1=O. The van der Waals surface area contributed by atoms with Crippen LogP contribution >= 0.6 is 0 Å². The number of carbonyl (C=O) groups is 3. The van der Waals surface area contributed by atoms with E-state index < -0.39 is 17.8 Å². The molecule has 152 valence electrons. The van der Waals surface area contributed by atoms with Gasteiger partial charge in [0.2, 0.25) is 0 Å². The Morgan fingerprint density at radius 2 is 1.71 bits per heavy atom. The highest BCUT2D eigenvalue weighted by Crippen LogP contribution is 2.38. The molecule has 0 atom stereocenters. The predicted octanol–water partition coefficient (Wildman–Crippen LogP) is 2.78. The summed E-state index contributed by atoms with van der Waals surface area (Å²) in [4.78, 5) is 51.1. The Morgan fingerprint density at radius 3 is 2.32 bits per heavy atom. The summed E-state index contributed by atoms with van der Waals surface area (Å²) < 4.78 is 0. The second kappa shape index (κ2) is 7.60. The molecule has 1 aromatic heterocycles. The quantitative estimate of drug-likeness (QED) is 0.715. The Kier molecular flexibility index (Phi) is 5.54. The van der Waals surface area contributed by atoms with Gasteiger partial charge in [-0.1, -0.05) is 6.07 Å². The number of pyridine rings is 1. The van der Waals surface area contributed by atoms with Crippen LogP contribution in [-0.4, -0.2) is 44.0 Å². The summed E-state index contributed by atoms with van der Waals surface area (Å²) in [5, 5.41) is 2.53. The highest BCUT2D eigenvalue weighted by atomic mass is 16.7. The van der Waals surface area contributed by atoms with Gasteiger partial charge in [0.25, 0.3) is 11.8 Å². The second-order valence-corrected chi connectivity index (χ2v) is 8.52. The first kappa shape index (κ1) is 20.4. The molecule has 0 aliphatic carbocycles. The molecule has 2 amide bonds. The number of rotatable bonds is 5. The molecule has 28 heavy (non-hydrogen) atoms. The van der Waals surface area contributed by atoms with Crippen molar-refractivity contribution in [3.63, 3.8) is 0 Å². The van der Waals surface area contributed by atoms with E-state index in [-0.39, 0.29) is 36.2 Å². The third-order valence-electron chi connectivity index (χ3n) is 5.29. The molecule has 2 aliphatic heterocycles. The van der Waals surface area contributed by atoms with E-state index in [1.165, 1.54) is 6.20 Å². The Bertz CT molecular complexity index is 758. The van der Waals surface area contributed by atoms with Gasteiger partial charge in [-0.15, -0.1) is 5.06 Å². The van der Waals surface area contributed by atoms with E-state index in [2.05, 4.69) is 32.7 Å². The van der Waals surface area contributed by atoms with Gasteiger partial charge in [-0.2, -0.15) is 5.06 Å². The summed E-state index contributed by atoms with van der Waals surface area (Å²) >= 11 is 0. The topological polar surface area (TPSA) is 89.0 Å². The summed E-state index contributed by atoms with van der Waals surface area (Å²) in [7, 11) is 0. The van der Waals surface area contributed by atoms with Crippen LogP contribution in [0.1, 0.15) is 75.9 Å². The zero-order valence-electron chi connectivity index (χ0n) is 16.9. The van der Waals surface area contributed by atoms with E-state index >= 15 is 0 Å². The number of hydrogen-bond donors (Lipinski definition) is 0. The molecule has 2 aliphatic rings. The number of aromatic nitrogens is 1. The van der Waals surface area contributed by atoms with E-state index in [1.54, 1.807) is 12.1 Å². The molecule has 0 bridgehead atoms. The van der Waals surface area contributed by atoms with Crippen LogP contribution in [0.4, 0.5) is 0 Å². The van der Waals surface area contributed by atoms with Gasteiger partial charge in [-0.25, -0.2) is 9.78 Å². The third kappa shape index (κ3) is 4.07. The molecule has 8 nitrogen and oxygen atoms in total. The molecule has 0 radical (unpaired) electrons. The van der Waals surface area contributed by atoms with Crippen molar-refractivity contribution < 1.29 is 24.1 Å². The standard InChI is InChI=1S/C20H27N3O5/c1-19(2)10-6-11-20(3,4)23(19)27-13-14-7-5-12-21-17(14)18(26)28-22-15(24)8-9-16(22)25/h5,7,12H,6,8-11,13H2,1-4H3. The Balaban J connectivity index is 1.74. The molecule has 3 heterocycles. The minimum atomic E-state index is -0.847. The molecular formula is C20H27N3O5. The Morgan fingerprint density at radius 1 is 1.11 bits per heavy atom. The van der Waals surface area contributed by atoms with E-state index in [4.69, 9.17) is 9.68 Å². The molecule has 2 fully saturated rings. The average Bonchev–Trinajstić information content (AvgIpc) is 2.92. The largest absolute Gasteiger partial charge is 0.382 e. The maximum Gasteiger partial charge on any atom is 0.382 e. The minimum Gasteiger partial charge on any atom is -0.323 e. The molecule has 3 rings (SSSR count). The molecule has 0 N–H and O–H groups in total. The van der Waals surface area contributed by atoms with Gasteiger partial charge in [0.15, 0.2) is 5.69 Å². The number of amides is 2. The lowest BCUT2D eigenvalue weighted by Crippen LogP contribution is -2.58. The normalized spacial score (nSPS) is 21.8. The smallest absolute Gasteiger partial charge is 0.323 e. The van der Waals surface area contributed by atoms with Crippen molar-refractivity contribution in [1.29, 1.82) is 0 Å². The van der Waals surface area contributed by atoms with Crippen LogP contribution in [0.15, 0.2) is 18.3 Å². The summed E-state index contributed by atoms with van der Waals surface area (Å²) in [6.45, 7) is 8.68. The summed E-state index contributed by atoms with van der Waals surface area (Å²) in [5.74, 6) is -1.90. The van der Waals surface area contributed by atoms with Crippen molar-refractivity contribution in [1.82, 2.24) is 15.1 Å².